The van der Waals surface area contributed by atoms with Gasteiger partial charge in [-0.3, -0.25) is 4.79 Å². The van der Waals surface area contributed by atoms with E-state index in [0.717, 1.165) is 6.92 Å². The molecule has 0 spiro atoms. The summed E-state index contributed by atoms with van der Waals surface area (Å²) in [6.07, 6.45) is -1.20. The molecule has 0 saturated heterocycles. The Morgan fingerprint density at radius 1 is 1.20 bits per heavy atom. The molecule has 0 fully saturated rings. The fourth-order valence-corrected chi connectivity index (χ4v) is 0.639. The lowest BCUT2D eigenvalue weighted by Gasteiger charge is -2.13. The second-order valence-electron chi connectivity index (χ2n) is 2.27. The molecule has 0 heterocycles. The Bertz CT molecular complexity index is 235. The van der Waals surface area contributed by atoms with Crippen LogP contribution < -0.4 is 0 Å². The van der Waals surface area contributed by atoms with E-state index in [4.69, 9.17) is 0 Å². The summed E-state index contributed by atoms with van der Waals surface area (Å²) in [6.45, 7) is -0.202. The monoisotopic (exact) mass is 224 g/mol. The van der Waals surface area contributed by atoms with Crippen LogP contribution in [0.15, 0.2) is 0 Å². The smallest absolute Gasteiger partial charge is 0.303 e. The number of carbonyl (C=O) groups is 1. The second kappa shape index (κ2) is 6.34. The maximum absolute atomic E-state index is 10.5. The molecule has 0 amide bonds. The Labute approximate surface area is 82.9 Å². The largest absolute Gasteiger partial charge is 0.458 e. The van der Waals surface area contributed by atoms with Gasteiger partial charge in [-0.1, -0.05) is 0 Å². The highest BCUT2D eigenvalue weighted by Crippen LogP contribution is 1.96. The molecule has 0 unspecified atom stereocenters. The van der Waals surface area contributed by atoms with Crippen LogP contribution in [-0.4, -0.2) is 35.5 Å². The summed E-state index contributed by atoms with van der Waals surface area (Å²) in [7, 11) is 0. The molecule has 0 rings (SSSR count). The Hall–Kier alpha value is -2.13. The predicted molar refractivity (Wildman–Crippen MR) is 41.4 cm³/mol. The highest BCUT2D eigenvalue weighted by molar-refractivity contribution is 5.66. The first-order valence-electron chi connectivity index (χ1n) is 3.63. The normalized spacial score (nSPS) is 9.47. The number of hydrogen-bond acceptors (Lipinski definition) is 8. The average Bonchev–Trinajstić information content (AvgIpc) is 2.08. The van der Waals surface area contributed by atoms with E-state index in [2.05, 4.69) is 14.4 Å². The lowest BCUT2D eigenvalue weighted by atomic mass is 10.4. The van der Waals surface area contributed by atoms with Crippen molar-refractivity contribution in [1.82, 2.24) is 0 Å². The Morgan fingerprint density at radius 2 is 1.60 bits per heavy atom. The third-order valence-electron chi connectivity index (χ3n) is 1.06. The first kappa shape index (κ1) is 12.9. The van der Waals surface area contributed by atoms with E-state index in [-0.39, 0.29) is 0 Å². The first-order valence-corrected chi connectivity index (χ1v) is 3.63. The first-order chi connectivity index (χ1) is 6.91. The van der Waals surface area contributed by atoms with Crippen molar-refractivity contribution >= 4 is 5.97 Å². The summed E-state index contributed by atoms with van der Waals surface area (Å²) in [5.74, 6) is -0.751. The van der Waals surface area contributed by atoms with Gasteiger partial charge >= 0.3 is 5.97 Å². The molecule has 10 heteroatoms. The Balaban J connectivity index is 3.99. The van der Waals surface area contributed by atoms with Crippen LogP contribution in [0.4, 0.5) is 0 Å². The molecule has 86 valence electrons. The van der Waals surface area contributed by atoms with E-state index >= 15 is 0 Å². The summed E-state index contributed by atoms with van der Waals surface area (Å²) in [5.41, 5.74) is 0. The van der Waals surface area contributed by atoms with Gasteiger partial charge in [0.05, 0.1) is 0 Å². The van der Waals surface area contributed by atoms with E-state index < -0.39 is 35.5 Å². The fraction of sp³-hybridized carbons (Fsp3) is 0.800. The van der Waals surface area contributed by atoms with Gasteiger partial charge in [0.2, 0.25) is 0 Å². The topological polar surface area (TPSA) is 131 Å². The summed E-state index contributed by atoms with van der Waals surface area (Å²) in [6, 6.07) is 0. The van der Waals surface area contributed by atoms with Crippen LogP contribution >= 0.6 is 0 Å². The molecule has 0 N–H and O–H groups in total. The minimum atomic E-state index is -1.20. The zero-order valence-electron chi connectivity index (χ0n) is 7.65. The third kappa shape index (κ3) is 8.21. The minimum Gasteiger partial charge on any atom is -0.458 e. The van der Waals surface area contributed by atoms with E-state index in [0.29, 0.717) is 0 Å². The van der Waals surface area contributed by atoms with Gasteiger partial charge in [-0.2, -0.15) is 0 Å². The number of nitrogens with zero attached hydrogens (tertiary/aromatic N) is 2. The Kier molecular flexibility index (Phi) is 5.44. The molecule has 0 aromatic heterocycles. The van der Waals surface area contributed by atoms with Gasteiger partial charge in [0.1, 0.15) is 19.3 Å². The average molecular weight is 224 g/mol. The molecule has 0 aliphatic carbocycles. The number of rotatable bonds is 7. The summed E-state index contributed by atoms with van der Waals surface area (Å²) in [5, 5.41) is 17.4. The Morgan fingerprint density at radius 3 is 1.87 bits per heavy atom. The van der Waals surface area contributed by atoms with Gasteiger partial charge in [-0.05, 0) is 0 Å². The highest BCUT2D eigenvalue weighted by Gasteiger charge is 2.16. The van der Waals surface area contributed by atoms with Crippen molar-refractivity contribution in [3.05, 3.63) is 20.2 Å². The van der Waals surface area contributed by atoms with Gasteiger partial charge < -0.3 is 14.4 Å². The van der Waals surface area contributed by atoms with Crippen LogP contribution in [0, 0.1) is 20.2 Å². The maximum Gasteiger partial charge on any atom is 0.303 e. The van der Waals surface area contributed by atoms with Crippen LogP contribution in [0.1, 0.15) is 6.92 Å². The van der Waals surface area contributed by atoms with E-state index in [1.165, 1.54) is 0 Å². The van der Waals surface area contributed by atoms with Gasteiger partial charge in [-0.15, -0.1) is 20.2 Å². The minimum absolute atomic E-state index is 0.625. The number of carbonyl (C=O) groups excluding carboxylic acids is 1. The van der Waals surface area contributed by atoms with Crippen molar-refractivity contribution in [2.75, 3.05) is 13.2 Å². The standard InChI is InChI=1S/C5H8N2O8/c1-4(8)15-5(2-13-6(9)10)3-14-7(11)12/h5H,2-3H2,1H3. The van der Waals surface area contributed by atoms with Crippen molar-refractivity contribution in [1.29, 1.82) is 0 Å². The zero-order valence-corrected chi connectivity index (χ0v) is 7.65. The van der Waals surface area contributed by atoms with Crippen molar-refractivity contribution in [3.8, 4) is 0 Å². The molecule has 0 radical (unpaired) electrons. The molecule has 15 heavy (non-hydrogen) atoms. The SMILES string of the molecule is CC(=O)OC(CO[N+](=O)[O-])CO[N+](=O)[O-]. The van der Waals surface area contributed by atoms with E-state index in [1.54, 1.807) is 0 Å². The van der Waals surface area contributed by atoms with Crippen LogP contribution in [0.25, 0.3) is 0 Å². The van der Waals surface area contributed by atoms with Gasteiger partial charge in [0, 0.05) is 6.92 Å². The number of ether oxygens (including phenoxy) is 1. The van der Waals surface area contributed by atoms with Crippen LogP contribution in [0.5, 0.6) is 0 Å². The molecule has 0 aliphatic heterocycles. The lowest BCUT2D eigenvalue weighted by Crippen LogP contribution is -2.29. The zero-order chi connectivity index (χ0) is 11.8. The molecule has 0 aromatic rings. The molecule has 0 aliphatic rings. The van der Waals surface area contributed by atoms with Crippen molar-refractivity contribution in [2.45, 2.75) is 13.0 Å². The van der Waals surface area contributed by atoms with Crippen LogP contribution in [0.3, 0.4) is 0 Å². The van der Waals surface area contributed by atoms with Crippen molar-refractivity contribution < 1.29 is 29.4 Å². The summed E-state index contributed by atoms with van der Waals surface area (Å²) in [4.78, 5) is 37.8. The van der Waals surface area contributed by atoms with Crippen LogP contribution in [0.2, 0.25) is 0 Å². The maximum atomic E-state index is 10.5. The highest BCUT2D eigenvalue weighted by atomic mass is 17.0. The fourth-order valence-electron chi connectivity index (χ4n) is 0.639. The van der Waals surface area contributed by atoms with Gasteiger partial charge in [0.25, 0.3) is 10.2 Å². The molecule has 10 nitrogen and oxygen atoms in total. The number of hydrogen-bond donors (Lipinski definition) is 0. The molecule has 0 saturated carbocycles. The molecular formula is C5H8N2O8. The van der Waals surface area contributed by atoms with Crippen LogP contribution in [-0.2, 0) is 19.2 Å². The lowest BCUT2D eigenvalue weighted by molar-refractivity contribution is -0.768. The second-order valence-corrected chi connectivity index (χ2v) is 2.27. The molecular weight excluding hydrogens is 216 g/mol. The number of esters is 1. The van der Waals surface area contributed by atoms with Gasteiger partial charge in [0.15, 0.2) is 0 Å². The van der Waals surface area contributed by atoms with E-state index in [9.17, 15) is 25.0 Å². The molecule has 0 atom stereocenters. The van der Waals surface area contributed by atoms with E-state index in [1.807, 2.05) is 0 Å². The van der Waals surface area contributed by atoms with Crippen molar-refractivity contribution in [3.63, 3.8) is 0 Å². The molecule has 0 aromatic carbocycles. The van der Waals surface area contributed by atoms with Gasteiger partial charge in [-0.25, -0.2) is 0 Å². The predicted octanol–water partition coefficient (Wildman–Crippen LogP) is -0.665. The molecule has 0 bridgehead atoms. The summed E-state index contributed by atoms with van der Waals surface area (Å²) < 4.78 is 4.45. The summed E-state index contributed by atoms with van der Waals surface area (Å²) >= 11 is 0. The quantitative estimate of drug-likeness (QED) is 0.316. The van der Waals surface area contributed by atoms with Crippen molar-refractivity contribution in [2.24, 2.45) is 0 Å². The third-order valence-corrected chi connectivity index (χ3v) is 1.06.